The van der Waals surface area contributed by atoms with Crippen molar-refractivity contribution in [1.29, 1.82) is 0 Å². The molecule has 0 saturated heterocycles. The van der Waals surface area contributed by atoms with Crippen molar-refractivity contribution in [3.8, 4) is 10.4 Å². The molecule has 1 amide bonds. The normalized spacial score (nSPS) is 10.5. The Bertz CT molecular complexity index is 1130. The molecule has 3 rings (SSSR count). The Morgan fingerprint density at radius 3 is 2.50 bits per heavy atom. The second-order valence-electron chi connectivity index (χ2n) is 6.35. The van der Waals surface area contributed by atoms with E-state index in [9.17, 15) is 18.8 Å². The van der Waals surface area contributed by atoms with E-state index in [2.05, 4.69) is 5.32 Å². The third kappa shape index (κ3) is 5.94. The van der Waals surface area contributed by atoms with Crippen LogP contribution in [0.5, 0.6) is 0 Å². The molecule has 7 nitrogen and oxygen atoms in total. The number of carbonyl (C=O) groups excluding carboxylic acids is 3. The van der Waals surface area contributed by atoms with Gasteiger partial charge >= 0.3 is 11.9 Å². The first-order valence-corrected chi connectivity index (χ1v) is 11.1. The van der Waals surface area contributed by atoms with E-state index in [4.69, 9.17) is 14.6 Å². The molecule has 1 aromatic heterocycles. The van der Waals surface area contributed by atoms with Crippen LogP contribution in [-0.4, -0.2) is 31.1 Å². The molecule has 0 spiro atoms. The zero-order valence-electron chi connectivity index (χ0n) is 16.9. The standard InChI is InChI=1S/C22H19FN2O5S2/c1-2-29-22(28)17-11-18(13-6-8-15(23)9-7-13)31-20(17)25-19(26)12-30-21(27)14-4-3-5-16(10-14)32-24/h3-11H,2,12,24H2,1H3,(H,25,26). The molecular weight excluding hydrogens is 455 g/mol. The minimum absolute atomic E-state index is 0.156. The number of halogens is 1. The fourth-order valence-corrected chi connectivity index (χ4v) is 4.09. The van der Waals surface area contributed by atoms with Crippen molar-refractivity contribution in [3.05, 3.63) is 71.5 Å². The second kappa shape index (κ2) is 10.9. The van der Waals surface area contributed by atoms with Gasteiger partial charge < -0.3 is 14.8 Å². The lowest BCUT2D eigenvalue weighted by Crippen LogP contribution is -2.21. The molecule has 0 saturated carbocycles. The molecule has 3 N–H and O–H groups in total. The quantitative estimate of drug-likeness (QED) is 0.366. The monoisotopic (exact) mass is 474 g/mol. The lowest BCUT2D eigenvalue weighted by atomic mass is 10.1. The third-order valence-electron chi connectivity index (χ3n) is 4.15. The van der Waals surface area contributed by atoms with Crippen LogP contribution in [0.25, 0.3) is 10.4 Å². The molecule has 166 valence electrons. The number of anilines is 1. The summed E-state index contributed by atoms with van der Waals surface area (Å²) in [5, 5.41) is 8.31. The number of carbonyl (C=O) groups is 3. The number of thiophene rings is 1. The molecule has 0 fully saturated rings. The van der Waals surface area contributed by atoms with Crippen molar-refractivity contribution in [2.24, 2.45) is 5.14 Å². The number of nitrogens with one attached hydrogen (secondary N) is 1. The highest BCUT2D eigenvalue weighted by atomic mass is 32.2. The van der Waals surface area contributed by atoms with Gasteiger partial charge in [-0.05, 0) is 60.8 Å². The predicted octanol–water partition coefficient (Wildman–Crippen LogP) is 4.49. The van der Waals surface area contributed by atoms with Crippen LogP contribution in [0.15, 0.2) is 59.5 Å². The van der Waals surface area contributed by atoms with Crippen molar-refractivity contribution in [3.63, 3.8) is 0 Å². The number of nitrogens with two attached hydrogens (primary N) is 1. The zero-order valence-corrected chi connectivity index (χ0v) is 18.6. The number of esters is 2. The summed E-state index contributed by atoms with van der Waals surface area (Å²) in [4.78, 5) is 38.2. The van der Waals surface area contributed by atoms with Gasteiger partial charge in [0.15, 0.2) is 6.61 Å². The van der Waals surface area contributed by atoms with Gasteiger partial charge in [0, 0.05) is 9.77 Å². The predicted molar refractivity (Wildman–Crippen MR) is 121 cm³/mol. The van der Waals surface area contributed by atoms with Gasteiger partial charge in [-0.1, -0.05) is 18.2 Å². The number of hydrogen-bond donors (Lipinski definition) is 2. The summed E-state index contributed by atoms with van der Waals surface area (Å²) >= 11 is 2.11. The highest BCUT2D eigenvalue weighted by molar-refractivity contribution is 7.97. The van der Waals surface area contributed by atoms with Gasteiger partial charge in [0.1, 0.15) is 10.8 Å². The van der Waals surface area contributed by atoms with E-state index >= 15 is 0 Å². The zero-order chi connectivity index (χ0) is 23.1. The lowest BCUT2D eigenvalue weighted by Gasteiger charge is -2.07. The van der Waals surface area contributed by atoms with E-state index in [0.29, 0.717) is 15.3 Å². The SMILES string of the molecule is CCOC(=O)c1cc(-c2ccc(F)cc2)sc1NC(=O)COC(=O)c1cccc(SN)c1. The first-order chi connectivity index (χ1) is 15.4. The first-order valence-electron chi connectivity index (χ1n) is 9.42. The van der Waals surface area contributed by atoms with Crippen LogP contribution in [0, 0.1) is 5.82 Å². The Hall–Kier alpha value is -3.21. The van der Waals surface area contributed by atoms with Gasteiger partial charge in [0.05, 0.1) is 17.7 Å². The molecule has 0 aliphatic rings. The van der Waals surface area contributed by atoms with E-state index in [0.717, 1.165) is 23.3 Å². The first kappa shape index (κ1) is 23.5. The molecule has 2 aromatic carbocycles. The van der Waals surface area contributed by atoms with E-state index in [1.807, 2.05) is 0 Å². The molecule has 0 atom stereocenters. The van der Waals surface area contributed by atoms with Gasteiger partial charge in [0.25, 0.3) is 5.91 Å². The second-order valence-corrected chi connectivity index (χ2v) is 8.11. The Morgan fingerprint density at radius 2 is 1.81 bits per heavy atom. The molecule has 10 heteroatoms. The largest absolute Gasteiger partial charge is 0.462 e. The van der Waals surface area contributed by atoms with E-state index < -0.39 is 24.5 Å². The van der Waals surface area contributed by atoms with Gasteiger partial charge in [-0.25, -0.2) is 14.0 Å². The molecule has 1 heterocycles. The molecule has 0 bridgehead atoms. The Labute approximate surface area is 191 Å². The van der Waals surface area contributed by atoms with Gasteiger partial charge in [0.2, 0.25) is 0 Å². The van der Waals surface area contributed by atoms with Crippen molar-refractivity contribution < 1.29 is 28.2 Å². The van der Waals surface area contributed by atoms with Crippen LogP contribution < -0.4 is 10.5 Å². The average Bonchev–Trinajstić information content (AvgIpc) is 3.21. The summed E-state index contributed by atoms with van der Waals surface area (Å²) in [6.45, 7) is 1.28. The van der Waals surface area contributed by atoms with Gasteiger partial charge in [-0.2, -0.15) is 0 Å². The number of rotatable bonds is 8. The summed E-state index contributed by atoms with van der Waals surface area (Å²) in [6, 6.07) is 13.8. The van der Waals surface area contributed by atoms with Crippen LogP contribution in [0.3, 0.4) is 0 Å². The maximum Gasteiger partial charge on any atom is 0.341 e. The third-order valence-corrected chi connectivity index (χ3v) is 5.77. The van der Waals surface area contributed by atoms with Crippen LogP contribution in [-0.2, 0) is 14.3 Å². The lowest BCUT2D eigenvalue weighted by molar-refractivity contribution is -0.119. The summed E-state index contributed by atoms with van der Waals surface area (Å²) in [5.41, 5.74) is 1.09. The topological polar surface area (TPSA) is 108 Å². The Balaban J connectivity index is 1.72. The van der Waals surface area contributed by atoms with Gasteiger partial charge in [-0.3, -0.25) is 9.93 Å². The summed E-state index contributed by atoms with van der Waals surface area (Å²) in [5.74, 6) is -2.30. The number of amides is 1. The molecule has 0 unspecified atom stereocenters. The van der Waals surface area contributed by atoms with E-state index in [1.54, 1.807) is 49.4 Å². The smallest absolute Gasteiger partial charge is 0.341 e. The summed E-state index contributed by atoms with van der Waals surface area (Å²) < 4.78 is 23.3. The minimum Gasteiger partial charge on any atom is -0.462 e. The average molecular weight is 475 g/mol. The molecule has 0 radical (unpaired) electrons. The van der Waals surface area contributed by atoms with Gasteiger partial charge in [-0.15, -0.1) is 11.3 Å². The van der Waals surface area contributed by atoms with Crippen molar-refractivity contribution >= 4 is 46.1 Å². The molecule has 0 aliphatic carbocycles. The fourth-order valence-electron chi connectivity index (χ4n) is 2.67. The molecular formula is C22H19FN2O5S2. The van der Waals surface area contributed by atoms with Crippen LogP contribution in [0.4, 0.5) is 9.39 Å². The van der Waals surface area contributed by atoms with E-state index in [-0.39, 0.29) is 28.6 Å². The maximum atomic E-state index is 13.2. The molecule has 0 aliphatic heterocycles. The van der Waals surface area contributed by atoms with Crippen LogP contribution >= 0.6 is 23.3 Å². The summed E-state index contributed by atoms with van der Waals surface area (Å²) in [7, 11) is 0. The van der Waals surface area contributed by atoms with E-state index in [1.165, 1.54) is 12.1 Å². The molecule has 32 heavy (non-hydrogen) atoms. The Morgan fingerprint density at radius 1 is 1.06 bits per heavy atom. The van der Waals surface area contributed by atoms with Crippen molar-refractivity contribution in [2.45, 2.75) is 11.8 Å². The number of benzene rings is 2. The Kier molecular flexibility index (Phi) is 7.98. The van der Waals surface area contributed by atoms with Crippen molar-refractivity contribution in [2.75, 3.05) is 18.5 Å². The maximum absolute atomic E-state index is 13.2. The number of hydrogen-bond acceptors (Lipinski definition) is 8. The van der Waals surface area contributed by atoms with Crippen LogP contribution in [0.2, 0.25) is 0 Å². The highest BCUT2D eigenvalue weighted by Gasteiger charge is 2.20. The van der Waals surface area contributed by atoms with Crippen LogP contribution in [0.1, 0.15) is 27.6 Å². The number of ether oxygens (including phenoxy) is 2. The summed E-state index contributed by atoms with van der Waals surface area (Å²) in [6.07, 6.45) is 0. The minimum atomic E-state index is -0.681. The fraction of sp³-hybridized carbons (Fsp3) is 0.136. The highest BCUT2D eigenvalue weighted by Crippen LogP contribution is 2.36. The van der Waals surface area contributed by atoms with Crippen molar-refractivity contribution in [1.82, 2.24) is 0 Å². The molecule has 3 aromatic rings.